The third-order valence-electron chi connectivity index (χ3n) is 5.06. The van der Waals surface area contributed by atoms with Crippen molar-refractivity contribution in [3.63, 3.8) is 0 Å². The van der Waals surface area contributed by atoms with Crippen LogP contribution in [0.1, 0.15) is 61.4 Å². The maximum atomic E-state index is 12.5. The zero-order chi connectivity index (χ0) is 21.0. The molecule has 3 aromatic carbocycles. The largest absolute Gasteiger partial charge is 0.494 e. The van der Waals surface area contributed by atoms with Crippen LogP contribution in [0.15, 0.2) is 71.8 Å². The fourth-order valence-electron chi connectivity index (χ4n) is 3.37. The van der Waals surface area contributed by atoms with Gasteiger partial charge in [-0.25, -0.2) is 5.43 Å². The third kappa shape index (κ3) is 6.45. The molecule has 30 heavy (non-hydrogen) atoms. The summed E-state index contributed by atoms with van der Waals surface area (Å²) in [5.74, 6) is 0.641. The van der Waals surface area contributed by atoms with Gasteiger partial charge in [0.2, 0.25) is 0 Å². The molecule has 0 atom stereocenters. The van der Waals surface area contributed by atoms with E-state index in [9.17, 15) is 4.79 Å². The standard InChI is InChI=1S/C26H30N2O2/c1-2-3-4-5-6-9-19-30-23-17-15-21(16-18-23)20-27-28-26(29)25-14-10-12-22-11-7-8-13-24(22)25/h7-8,10-18,20H,2-6,9,19H2,1H3,(H,28,29)/b27-20+. The molecule has 0 bridgehead atoms. The Morgan fingerprint density at radius 2 is 1.63 bits per heavy atom. The van der Waals surface area contributed by atoms with Crippen LogP contribution in [0.4, 0.5) is 0 Å². The van der Waals surface area contributed by atoms with E-state index < -0.39 is 0 Å². The van der Waals surface area contributed by atoms with Crippen LogP contribution in [-0.4, -0.2) is 18.7 Å². The Kier molecular flexibility index (Phi) is 8.46. The van der Waals surface area contributed by atoms with Crippen molar-refractivity contribution in [2.24, 2.45) is 5.10 Å². The first-order valence-electron chi connectivity index (χ1n) is 10.8. The summed E-state index contributed by atoms with van der Waals surface area (Å²) in [6.45, 7) is 2.98. The van der Waals surface area contributed by atoms with Gasteiger partial charge in [0.1, 0.15) is 5.75 Å². The number of benzene rings is 3. The summed E-state index contributed by atoms with van der Waals surface area (Å²) in [5.41, 5.74) is 4.13. The van der Waals surface area contributed by atoms with Crippen molar-refractivity contribution >= 4 is 22.9 Å². The van der Waals surface area contributed by atoms with Crippen LogP contribution < -0.4 is 10.2 Å². The Hall–Kier alpha value is -3.14. The van der Waals surface area contributed by atoms with Gasteiger partial charge in [0.05, 0.1) is 12.8 Å². The minimum atomic E-state index is -0.220. The van der Waals surface area contributed by atoms with Crippen LogP contribution in [0.25, 0.3) is 10.8 Å². The number of amides is 1. The fraction of sp³-hybridized carbons (Fsp3) is 0.308. The SMILES string of the molecule is CCCCCCCCOc1ccc(/C=N/NC(=O)c2cccc3ccccc23)cc1. The topological polar surface area (TPSA) is 50.7 Å². The number of nitrogens with one attached hydrogen (secondary N) is 1. The first-order valence-corrected chi connectivity index (χ1v) is 10.8. The van der Waals surface area contributed by atoms with Gasteiger partial charge in [-0.3, -0.25) is 4.79 Å². The van der Waals surface area contributed by atoms with E-state index in [-0.39, 0.29) is 5.91 Å². The molecule has 0 spiro atoms. The molecule has 0 aliphatic carbocycles. The van der Waals surface area contributed by atoms with E-state index in [2.05, 4.69) is 17.5 Å². The van der Waals surface area contributed by atoms with Crippen molar-refractivity contribution in [1.29, 1.82) is 0 Å². The molecule has 1 amide bonds. The van der Waals surface area contributed by atoms with Gasteiger partial charge in [-0.1, -0.05) is 75.4 Å². The average Bonchev–Trinajstić information content (AvgIpc) is 2.79. The lowest BCUT2D eigenvalue weighted by Gasteiger charge is -2.06. The van der Waals surface area contributed by atoms with Crippen LogP contribution in [0.3, 0.4) is 0 Å². The van der Waals surface area contributed by atoms with Gasteiger partial charge in [-0.15, -0.1) is 0 Å². The predicted molar refractivity (Wildman–Crippen MR) is 124 cm³/mol. The lowest BCUT2D eigenvalue weighted by atomic mass is 10.0. The quantitative estimate of drug-likeness (QED) is 0.231. The van der Waals surface area contributed by atoms with Gasteiger partial charge in [0, 0.05) is 5.56 Å². The predicted octanol–water partition coefficient (Wildman–Crippen LogP) is 6.34. The van der Waals surface area contributed by atoms with Crippen LogP contribution in [0, 0.1) is 0 Å². The van der Waals surface area contributed by atoms with Crippen LogP contribution in [0.5, 0.6) is 5.75 Å². The molecule has 0 heterocycles. The van der Waals surface area contributed by atoms with Crippen molar-refractivity contribution < 1.29 is 9.53 Å². The van der Waals surface area contributed by atoms with E-state index in [0.717, 1.165) is 35.1 Å². The third-order valence-corrected chi connectivity index (χ3v) is 5.06. The van der Waals surface area contributed by atoms with Gasteiger partial charge in [-0.05, 0) is 53.1 Å². The Bertz CT molecular complexity index is 959. The molecule has 0 aliphatic rings. The highest BCUT2D eigenvalue weighted by Crippen LogP contribution is 2.18. The number of carbonyl (C=O) groups is 1. The molecule has 4 nitrogen and oxygen atoms in total. The molecule has 0 aliphatic heterocycles. The molecule has 0 fully saturated rings. The van der Waals surface area contributed by atoms with E-state index in [1.54, 1.807) is 6.21 Å². The Labute approximate surface area is 179 Å². The van der Waals surface area contributed by atoms with E-state index in [1.807, 2.05) is 66.7 Å². The zero-order valence-electron chi connectivity index (χ0n) is 17.6. The highest BCUT2D eigenvalue weighted by molar-refractivity contribution is 6.07. The first kappa shape index (κ1) is 21.6. The number of unbranched alkanes of at least 4 members (excludes halogenated alkanes) is 5. The molecule has 0 saturated carbocycles. The van der Waals surface area contributed by atoms with Gasteiger partial charge in [0.15, 0.2) is 0 Å². The van der Waals surface area contributed by atoms with Crippen molar-refractivity contribution in [2.45, 2.75) is 45.4 Å². The molecule has 0 saturated heterocycles. The lowest BCUT2D eigenvalue weighted by Crippen LogP contribution is -2.17. The maximum Gasteiger partial charge on any atom is 0.271 e. The summed E-state index contributed by atoms with van der Waals surface area (Å²) in [5, 5.41) is 6.05. The number of rotatable bonds is 11. The second kappa shape index (κ2) is 11.8. The highest BCUT2D eigenvalue weighted by Gasteiger charge is 2.08. The van der Waals surface area contributed by atoms with Gasteiger partial charge in [0.25, 0.3) is 5.91 Å². The summed E-state index contributed by atoms with van der Waals surface area (Å²) in [4.78, 5) is 12.5. The Morgan fingerprint density at radius 1 is 0.900 bits per heavy atom. The van der Waals surface area contributed by atoms with E-state index in [4.69, 9.17) is 4.74 Å². The lowest BCUT2D eigenvalue weighted by molar-refractivity contribution is 0.0957. The number of hydrazone groups is 1. The zero-order valence-corrected chi connectivity index (χ0v) is 17.6. The molecule has 3 rings (SSSR count). The monoisotopic (exact) mass is 402 g/mol. The molecule has 156 valence electrons. The van der Waals surface area contributed by atoms with Gasteiger partial charge in [-0.2, -0.15) is 5.10 Å². The summed E-state index contributed by atoms with van der Waals surface area (Å²) >= 11 is 0. The summed E-state index contributed by atoms with van der Waals surface area (Å²) in [6.07, 6.45) is 9.17. The molecule has 0 radical (unpaired) electrons. The van der Waals surface area contributed by atoms with Crippen LogP contribution in [-0.2, 0) is 0 Å². The highest BCUT2D eigenvalue weighted by atomic mass is 16.5. The molecule has 1 N–H and O–H groups in total. The normalized spacial score (nSPS) is 11.1. The second-order valence-corrected chi connectivity index (χ2v) is 7.41. The smallest absolute Gasteiger partial charge is 0.271 e. The number of fused-ring (bicyclic) bond motifs is 1. The van der Waals surface area contributed by atoms with E-state index >= 15 is 0 Å². The average molecular weight is 403 g/mol. The number of carbonyl (C=O) groups excluding carboxylic acids is 1. The summed E-state index contributed by atoms with van der Waals surface area (Å²) in [7, 11) is 0. The number of hydrogen-bond acceptors (Lipinski definition) is 3. The summed E-state index contributed by atoms with van der Waals surface area (Å²) in [6, 6.07) is 21.2. The number of hydrogen-bond donors (Lipinski definition) is 1. The van der Waals surface area contributed by atoms with Crippen molar-refractivity contribution in [3.05, 3.63) is 77.9 Å². The fourth-order valence-corrected chi connectivity index (χ4v) is 3.37. The Balaban J connectivity index is 1.45. The van der Waals surface area contributed by atoms with Crippen LogP contribution in [0.2, 0.25) is 0 Å². The molecule has 4 heteroatoms. The van der Waals surface area contributed by atoms with Gasteiger partial charge >= 0.3 is 0 Å². The maximum absolute atomic E-state index is 12.5. The molecular formula is C26H30N2O2. The van der Waals surface area contributed by atoms with E-state index in [0.29, 0.717) is 5.56 Å². The van der Waals surface area contributed by atoms with Crippen molar-refractivity contribution in [3.8, 4) is 5.75 Å². The van der Waals surface area contributed by atoms with Crippen LogP contribution >= 0.6 is 0 Å². The second-order valence-electron chi connectivity index (χ2n) is 7.41. The molecule has 0 unspecified atom stereocenters. The van der Waals surface area contributed by atoms with Crippen molar-refractivity contribution in [1.82, 2.24) is 5.43 Å². The molecule has 3 aromatic rings. The first-order chi connectivity index (χ1) is 14.8. The number of ether oxygens (including phenoxy) is 1. The Morgan fingerprint density at radius 3 is 2.47 bits per heavy atom. The minimum Gasteiger partial charge on any atom is -0.494 e. The van der Waals surface area contributed by atoms with E-state index in [1.165, 1.54) is 32.1 Å². The molecule has 0 aromatic heterocycles. The minimum absolute atomic E-state index is 0.220. The summed E-state index contributed by atoms with van der Waals surface area (Å²) < 4.78 is 5.79. The van der Waals surface area contributed by atoms with Gasteiger partial charge < -0.3 is 4.74 Å². The molecular weight excluding hydrogens is 372 g/mol. The number of nitrogens with zero attached hydrogens (tertiary/aromatic N) is 1. The van der Waals surface area contributed by atoms with Crippen molar-refractivity contribution in [2.75, 3.05) is 6.61 Å².